The van der Waals surface area contributed by atoms with Crippen LogP contribution in [0.1, 0.15) is 39.7 Å². The number of methoxy groups -OCH3 is 1. The lowest BCUT2D eigenvalue weighted by atomic mass is 10.1. The molecule has 0 spiro atoms. The molecule has 8 heteroatoms. The Morgan fingerprint density at radius 1 is 1.06 bits per heavy atom. The number of benzene rings is 2. The maximum absolute atomic E-state index is 12.8. The van der Waals surface area contributed by atoms with Crippen LogP contribution in [0.4, 0.5) is 5.69 Å². The van der Waals surface area contributed by atoms with E-state index in [1.807, 2.05) is 24.3 Å². The summed E-state index contributed by atoms with van der Waals surface area (Å²) in [5.74, 6) is 0.545. The van der Waals surface area contributed by atoms with Gasteiger partial charge < -0.3 is 14.8 Å². The molecule has 0 aliphatic carbocycles. The molecule has 0 aliphatic rings. The molecule has 7 nitrogen and oxygen atoms in total. The van der Waals surface area contributed by atoms with Gasteiger partial charge in [-0.05, 0) is 49.2 Å². The molecule has 31 heavy (non-hydrogen) atoms. The van der Waals surface area contributed by atoms with Crippen molar-refractivity contribution in [1.29, 1.82) is 0 Å². The van der Waals surface area contributed by atoms with Crippen LogP contribution in [0.5, 0.6) is 11.5 Å². The summed E-state index contributed by atoms with van der Waals surface area (Å²) in [7, 11) is -2.21. The molecular formula is C23H32N2O5S. The Morgan fingerprint density at radius 3 is 2.26 bits per heavy atom. The van der Waals surface area contributed by atoms with Gasteiger partial charge in [0.2, 0.25) is 10.0 Å². The Balaban J connectivity index is 2.19. The van der Waals surface area contributed by atoms with Crippen molar-refractivity contribution in [1.82, 2.24) is 4.31 Å². The second-order valence-electron chi connectivity index (χ2n) is 7.09. The van der Waals surface area contributed by atoms with Gasteiger partial charge >= 0.3 is 0 Å². The van der Waals surface area contributed by atoms with Gasteiger partial charge in [0.15, 0.2) is 6.10 Å². The molecule has 0 saturated heterocycles. The Hall–Kier alpha value is -2.58. The summed E-state index contributed by atoms with van der Waals surface area (Å²) in [6, 6.07) is 12.1. The van der Waals surface area contributed by atoms with Crippen LogP contribution in [0.3, 0.4) is 0 Å². The lowest BCUT2D eigenvalue weighted by Gasteiger charge is -2.20. The van der Waals surface area contributed by atoms with Crippen molar-refractivity contribution in [2.75, 3.05) is 25.5 Å². The third-order valence-corrected chi connectivity index (χ3v) is 6.96. The lowest BCUT2D eigenvalue weighted by Crippen LogP contribution is -2.31. The molecule has 2 aromatic rings. The van der Waals surface area contributed by atoms with E-state index in [2.05, 4.69) is 12.2 Å². The fourth-order valence-electron chi connectivity index (χ4n) is 3.17. The van der Waals surface area contributed by atoms with Gasteiger partial charge in [-0.2, -0.15) is 4.31 Å². The largest absolute Gasteiger partial charge is 0.495 e. The molecule has 2 rings (SSSR count). The van der Waals surface area contributed by atoms with Gasteiger partial charge in [0.1, 0.15) is 11.5 Å². The Morgan fingerprint density at radius 2 is 1.71 bits per heavy atom. The van der Waals surface area contributed by atoms with Gasteiger partial charge in [-0.1, -0.05) is 39.3 Å². The standard InChI is InChI=1S/C23H32N2O5S/c1-6-9-18-10-12-19(13-11-18)30-17(4)23(26)24-21-16-20(14-15-22(21)29-5)31(27,28)25(7-2)8-3/h10-17H,6-9H2,1-5H3,(H,24,26). The predicted molar refractivity (Wildman–Crippen MR) is 122 cm³/mol. The Bertz CT molecular complexity index is 970. The summed E-state index contributed by atoms with van der Waals surface area (Å²) in [6.45, 7) is 8.02. The lowest BCUT2D eigenvalue weighted by molar-refractivity contribution is -0.122. The summed E-state index contributed by atoms with van der Waals surface area (Å²) < 4.78 is 38.1. The van der Waals surface area contributed by atoms with Crippen molar-refractivity contribution in [2.24, 2.45) is 0 Å². The average molecular weight is 449 g/mol. The van der Waals surface area contributed by atoms with Crippen molar-refractivity contribution in [3.63, 3.8) is 0 Å². The van der Waals surface area contributed by atoms with E-state index in [0.717, 1.165) is 12.8 Å². The van der Waals surface area contributed by atoms with Crippen LogP contribution in [-0.4, -0.2) is 44.9 Å². The van der Waals surface area contributed by atoms with Crippen LogP contribution in [0.25, 0.3) is 0 Å². The van der Waals surface area contributed by atoms with Crippen LogP contribution < -0.4 is 14.8 Å². The van der Waals surface area contributed by atoms with Crippen molar-refractivity contribution < 1.29 is 22.7 Å². The molecule has 170 valence electrons. The van der Waals surface area contributed by atoms with E-state index in [4.69, 9.17) is 9.47 Å². The summed E-state index contributed by atoms with van der Waals surface area (Å²) in [5, 5.41) is 2.73. The zero-order valence-corrected chi connectivity index (χ0v) is 19.7. The minimum absolute atomic E-state index is 0.0902. The molecule has 1 amide bonds. The number of ether oxygens (including phenoxy) is 2. The van der Waals surface area contributed by atoms with Crippen LogP contribution in [0.2, 0.25) is 0 Å². The highest BCUT2D eigenvalue weighted by atomic mass is 32.2. The minimum atomic E-state index is -3.67. The number of hydrogen-bond donors (Lipinski definition) is 1. The summed E-state index contributed by atoms with van der Waals surface area (Å²) in [6.07, 6.45) is 1.26. The van der Waals surface area contributed by atoms with Gasteiger partial charge in [-0.25, -0.2) is 8.42 Å². The number of amides is 1. The molecule has 1 unspecified atom stereocenters. The number of hydrogen-bond acceptors (Lipinski definition) is 5. The van der Waals surface area contributed by atoms with Gasteiger partial charge in [0, 0.05) is 13.1 Å². The van der Waals surface area contributed by atoms with Crippen LogP contribution in [0.15, 0.2) is 47.4 Å². The van der Waals surface area contributed by atoms with Gasteiger partial charge in [0.05, 0.1) is 17.7 Å². The first-order valence-corrected chi connectivity index (χ1v) is 11.9. The number of carbonyl (C=O) groups excluding carboxylic acids is 1. The molecule has 0 radical (unpaired) electrons. The second kappa shape index (κ2) is 11.2. The third-order valence-electron chi connectivity index (χ3n) is 4.92. The number of carbonyl (C=O) groups is 1. The van der Waals surface area contributed by atoms with Crippen molar-refractivity contribution in [3.05, 3.63) is 48.0 Å². The second-order valence-corrected chi connectivity index (χ2v) is 9.03. The highest BCUT2D eigenvalue weighted by molar-refractivity contribution is 7.89. The van der Waals surface area contributed by atoms with Crippen LogP contribution in [-0.2, 0) is 21.2 Å². The topological polar surface area (TPSA) is 84.9 Å². The van der Waals surface area contributed by atoms with E-state index in [9.17, 15) is 13.2 Å². The number of anilines is 1. The van der Waals surface area contributed by atoms with E-state index in [1.165, 1.54) is 35.2 Å². The SMILES string of the molecule is CCCc1ccc(OC(C)C(=O)Nc2cc(S(=O)(=O)N(CC)CC)ccc2OC)cc1. The first-order valence-electron chi connectivity index (χ1n) is 10.5. The van der Waals surface area contributed by atoms with Crippen LogP contribution >= 0.6 is 0 Å². The molecule has 0 fully saturated rings. The molecule has 0 bridgehead atoms. The quantitative estimate of drug-likeness (QED) is 0.560. The normalized spacial score (nSPS) is 12.5. The molecule has 1 atom stereocenters. The van der Waals surface area contributed by atoms with E-state index >= 15 is 0 Å². The van der Waals surface area contributed by atoms with E-state index in [0.29, 0.717) is 24.6 Å². The number of rotatable bonds is 11. The smallest absolute Gasteiger partial charge is 0.265 e. The number of aryl methyl sites for hydroxylation is 1. The van der Waals surface area contributed by atoms with Crippen molar-refractivity contribution in [2.45, 2.75) is 51.5 Å². The van der Waals surface area contributed by atoms with E-state index in [-0.39, 0.29) is 10.6 Å². The van der Waals surface area contributed by atoms with Gasteiger partial charge in [-0.3, -0.25) is 4.79 Å². The predicted octanol–water partition coefficient (Wildman–Crippen LogP) is 4.08. The zero-order valence-electron chi connectivity index (χ0n) is 18.8. The molecule has 0 aliphatic heterocycles. The third kappa shape index (κ3) is 6.21. The van der Waals surface area contributed by atoms with E-state index in [1.54, 1.807) is 20.8 Å². The molecule has 2 aromatic carbocycles. The summed E-state index contributed by atoms with van der Waals surface area (Å²) in [5.41, 5.74) is 1.48. The molecular weight excluding hydrogens is 416 g/mol. The summed E-state index contributed by atoms with van der Waals surface area (Å²) >= 11 is 0. The number of nitrogens with one attached hydrogen (secondary N) is 1. The maximum Gasteiger partial charge on any atom is 0.265 e. The van der Waals surface area contributed by atoms with E-state index < -0.39 is 22.0 Å². The van der Waals surface area contributed by atoms with Crippen LogP contribution in [0, 0.1) is 0 Å². The van der Waals surface area contributed by atoms with Gasteiger partial charge in [0.25, 0.3) is 5.91 Å². The molecule has 0 saturated carbocycles. The fourth-order valence-corrected chi connectivity index (χ4v) is 4.66. The maximum atomic E-state index is 12.8. The monoisotopic (exact) mass is 448 g/mol. The Labute approximate surface area is 185 Å². The zero-order chi connectivity index (χ0) is 23.0. The molecule has 0 aromatic heterocycles. The first kappa shape index (κ1) is 24.7. The van der Waals surface area contributed by atoms with Crippen molar-refractivity contribution in [3.8, 4) is 11.5 Å². The first-order chi connectivity index (χ1) is 14.8. The molecule has 1 N–H and O–H groups in total. The minimum Gasteiger partial charge on any atom is -0.495 e. The highest BCUT2D eigenvalue weighted by Crippen LogP contribution is 2.29. The average Bonchev–Trinajstić information content (AvgIpc) is 2.75. The highest BCUT2D eigenvalue weighted by Gasteiger charge is 2.24. The number of nitrogens with zero attached hydrogens (tertiary/aromatic N) is 1. The van der Waals surface area contributed by atoms with Crippen molar-refractivity contribution >= 4 is 21.6 Å². The summed E-state index contributed by atoms with van der Waals surface area (Å²) in [4.78, 5) is 12.8. The Kier molecular flexibility index (Phi) is 8.88. The van der Waals surface area contributed by atoms with Gasteiger partial charge in [-0.15, -0.1) is 0 Å². The molecule has 0 heterocycles. The number of sulfonamides is 1. The fraction of sp³-hybridized carbons (Fsp3) is 0.435.